The summed E-state index contributed by atoms with van der Waals surface area (Å²) in [6.07, 6.45) is 6.47. The summed E-state index contributed by atoms with van der Waals surface area (Å²) in [5, 5.41) is 8.36. The number of hydrogen-bond acceptors (Lipinski definition) is 4. The van der Waals surface area contributed by atoms with E-state index in [1.54, 1.807) is 22.7 Å². The highest BCUT2D eigenvalue weighted by molar-refractivity contribution is 7.10. The number of nitrogens with zero attached hydrogens (tertiary/aromatic N) is 2. The Bertz CT molecular complexity index is 618. The predicted molar refractivity (Wildman–Crippen MR) is 89.0 cm³/mol. The fourth-order valence-electron chi connectivity index (χ4n) is 2.74. The lowest BCUT2D eigenvalue weighted by molar-refractivity contribution is 0.187. The molecule has 0 radical (unpaired) electrons. The highest BCUT2D eigenvalue weighted by Crippen LogP contribution is 2.42. The molecular formula is C16H19N3OS2. The first-order chi connectivity index (χ1) is 10.8. The van der Waals surface area contributed by atoms with Gasteiger partial charge in [-0.2, -0.15) is 0 Å². The summed E-state index contributed by atoms with van der Waals surface area (Å²) in [5.41, 5.74) is 0. The second-order valence-electron chi connectivity index (χ2n) is 6.07. The van der Waals surface area contributed by atoms with E-state index in [9.17, 15) is 4.79 Å². The van der Waals surface area contributed by atoms with Crippen molar-refractivity contribution in [1.82, 2.24) is 15.2 Å². The lowest BCUT2D eigenvalue weighted by Crippen LogP contribution is -2.43. The van der Waals surface area contributed by atoms with Gasteiger partial charge in [-0.15, -0.1) is 22.7 Å². The molecule has 2 aliphatic rings. The molecule has 22 heavy (non-hydrogen) atoms. The van der Waals surface area contributed by atoms with E-state index in [1.807, 2.05) is 22.5 Å². The molecule has 2 fully saturated rings. The third-order valence-electron chi connectivity index (χ3n) is 4.24. The molecule has 2 heterocycles. The Morgan fingerprint density at radius 3 is 2.77 bits per heavy atom. The Labute approximate surface area is 138 Å². The highest BCUT2D eigenvalue weighted by Gasteiger charge is 2.38. The molecule has 0 aliphatic heterocycles. The van der Waals surface area contributed by atoms with Crippen LogP contribution in [0.1, 0.15) is 41.6 Å². The lowest BCUT2D eigenvalue weighted by Gasteiger charge is -2.25. The molecule has 2 aromatic heterocycles. The monoisotopic (exact) mass is 333 g/mol. The standard InChI is InChI=1S/C16H19N3OS2/c20-16(18-14(11-3-4-11)15-17-7-9-22-15)19(12-5-6-12)10-13-2-1-8-21-13/h1-2,7-9,11-12,14H,3-6,10H2,(H,18,20)/t14-/m0/s1. The second-order valence-corrected chi connectivity index (χ2v) is 8.03. The number of urea groups is 1. The minimum Gasteiger partial charge on any atom is -0.328 e. The fraction of sp³-hybridized carbons (Fsp3) is 0.500. The molecule has 0 saturated heterocycles. The van der Waals surface area contributed by atoms with Crippen molar-refractivity contribution in [2.75, 3.05) is 0 Å². The van der Waals surface area contributed by atoms with Gasteiger partial charge in [-0.3, -0.25) is 0 Å². The Hall–Kier alpha value is -1.40. The zero-order chi connectivity index (χ0) is 14.9. The van der Waals surface area contributed by atoms with Crippen LogP contribution in [0.3, 0.4) is 0 Å². The molecule has 4 nitrogen and oxygen atoms in total. The van der Waals surface area contributed by atoms with E-state index in [2.05, 4.69) is 21.7 Å². The molecule has 0 unspecified atom stereocenters. The van der Waals surface area contributed by atoms with Gasteiger partial charge in [0.2, 0.25) is 0 Å². The van der Waals surface area contributed by atoms with Crippen molar-refractivity contribution in [3.63, 3.8) is 0 Å². The number of hydrogen-bond donors (Lipinski definition) is 1. The van der Waals surface area contributed by atoms with Gasteiger partial charge in [0.1, 0.15) is 5.01 Å². The molecule has 6 heteroatoms. The Kier molecular flexibility index (Phi) is 3.88. The largest absolute Gasteiger partial charge is 0.328 e. The maximum Gasteiger partial charge on any atom is 0.318 e. The Morgan fingerprint density at radius 1 is 1.32 bits per heavy atom. The van der Waals surface area contributed by atoms with Crippen molar-refractivity contribution in [2.45, 2.75) is 44.3 Å². The van der Waals surface area contributed by atoms with Gasteiger partial charge in [-0.1, -0.05) is 6.07 Å². The van der Waals surface area contributed by atoms with Crippen molar-refractivity contribution < 1.29 is 4.79 Å². The van der Waals surface area contributed by atoms with Gasteiger partial charge in [0.05, 0.1) is 12.6 Å². The SMILES string of the molecule is O=C(N[C@H](c1nccs1)C1CC1)N(Cc1cccs1)C1CC1. The van der Waals surface area contributed by atoms with E-state index in [4.69, 9.17) is 0 Å². The van der Waals surface area contributed by atoms with E-state index < -0.39 is 0 Å². The molecule has 1 atom stereocenters. The first-order valence-electron chi connectivity index (χ1n) is 7.80. The summed E-state index contributed by atoms with van der Waals surface area (Å²) in [4.78, 5) is 20.5. The van der Waals surface area contributed by atoms with Crippen LogP contribution in [0.2, 0.25) is 0 Å². The minimum absolute atomic E-state index is 0.0722. The second kappa shape index (κ2) is 6.01. The summed E-state index contributed by atoms with van der Waals surface area (Å²) < 4.78 is 0. The Balaban J connectivity index is 1.46. The quantitative estimate of drug-likeness (QED) is 0.867. The summed E-state index contributed by atoms with van der Waals surface area (Å²) >= 11 is 3.36. The van der Waals surface area contributed by atoms with Crippen molar-refractivity contribution in [3.05, 3.63) is 39.0 Å². The number of thiophene rings is 1. The molecular weight excluding hydrogens is 314 g/mol. The van der Waals surface area contributed by atoms with Crippen molar-refractivity contribution in [1.29, 1.82) is 0 Å². The van der Waals surface area contributed by atoms with Crippen LogP contribution in [0.4, 0.5) is 4.79 Å². The smallest absolute Gasteiger partial charge is 0.318 e. The van der Waals surface area contributed by atoms with Crippen molar-refractivity contribution >= 4 is 28.7 Å². The normalized spacial score (nSPS) is 18.9. The first kappa shape index (κ1) is 14.2. The summed E-state index contributed by atoms with van der Waals surface area (Å²) in [7, 11) is 0. The first-order valence-corrected chi connectivity index (χ1v) is 9.56. The number of carbonyl (C=O) groups excluding carboxylic acids is 1. The van der Waals surface area contributed by atoms with E-state index >= 15 is 0 Å². The number of aromatic nitrogens is 1. The topological polar surface area (TPSA) is 45.2 Å². The number of nitrogens with one attached hydrogen (secondary N) is 1. The number of thiazole rings is 1. The lowest BCUT2D eigenvalue weighted by atomic mass is 10.2. The average molecular weight is 333 g/mol. The maximum absolute atomic E-state index is 12.8. The van der Waals surface area contributed by atoms with Gasteiger partial charge in [0.25, 0.3) is 0 Å². The van der Waals surface area contributed by atoms with Gasteiger partial charge in [-0.05, 0) is 43.0 Å². The Morgan fingerprint density at radius 2 is 2.18 bits per heavy atom. The summed E-state index contributed by atoms with van der Waals surface area (Å²) in [5.74, 6) is 0.567. The summed E-state index contributed by atoms with van der Waals surface area (Å²) in [6, 6.07) is 4.73. The molecule has 0 bridgehead atoms. The van der Waals surface area contributed by atoms with E-state index in [0.29, 0.717) is 12.0 Å². The number of carbonyl (C=O) groups is 1. The molecule has 116 valence electrons. The van der Waals surface area contributed by atoms with Gasteiger partial charge < -0.3 is 10.2 Å². The molecule has 1 N–H and O–H groups in total. The van der Waals surface area contributed by atoms with Gasteiger partial charge in [0, 0.05) is 22.5 Å². The molecule has 0 aromatic carbocycles. The highest BCUT2D eigenvalue weighted by atomic mass is 32.1. The van der Waals surface area contributed by atoms with Crippen LogP contribution >= 0.6 is 22.7 Å². The molecule has 2 amide bonds. The third-order valence-corrected chi connectivity index (χ3v) is 5.96. The van der Waals surface area contributed by atoms with Gasteiger partial charge in [-0.25, -0.2) is 9.78 Å². The number of amides is 2. The minimum atomic E-state index is 0.0722. The van der Waals surface area contributed by atoms with Crippen LogP contribution in [0, 0.1) is 5.92 Å². The summed E-state index contributed by atoms with van der Waals surface area (Å²) in [6.45, 7) is 0.726. The van der Waals surface area contributed by atoms with Gasteiger partial charge in [0.15, 0.2) is 0 Å². The average Bonchev–Trinajstić information content (AvgIpc) is 3.43. The molecule has 4 rings (SSSR count). The van der Waals surface area contributed by atoms with Crippen LogP contribution in [-0.2, 0) is 6.54 Å². The van der Waals surface area contributed by atoms with Crippen LogP contribution < -0.4 is 5.32 Å². The van der Waals surface area contributed by atoms with Gasteiger partial charge >= 0.3 is 6.03 Å². The van der Waals surface area contributed by atoms with Crippen LogP contribution in [0.15, 0.2) is 29.1 Å². The van der Waals surface area contributed by atoms with Crippen molar-refractivity contribution in [3.8, 4) is 0 Å². The molecule has 2 saturated carbocycles. The van der Waals surface area contributed by atoms with Crippen LogP contribution in [-0.4, -0.2) is 22.0 Å². The molecule has 2 aliphatic carbocycles. The zero-order valence-corrected chi connectivity index (χ0v) is 13.9. The van der Waals surface area contributed by atoms with E-state index in [1.165, 1.54) is 17.7 Å². The molecule has 0 spiro atoms. The van der Waals surface area contributed by atoms with Crippen molar-refractivity contribution in [2.24, 2.45) is 5.92 Å². The fourth-order valence-corrected chi connectivity index (χ4v) is 4.22. The third kappa shape index (κ3) is 3.17. The van der Waals surface area contributed by atoms with E-state index in [0.717, 1.165) is 24.4 Å². The van der Waals surface area contributed by atoms with Crippen LogP contribution in [0.5, 0.6) is 0 Å². The van der Waals surface area contributed by atoms with E-state index in [-0.39, 0.29) is 12.1 Å². The zero-order valence-electron chi connectivity index (χ0n) is 12.3. The number of rotatable bonds is 6. The maximum atomic E-state index is 12.8. The van der Waals surface area contributed by atoms with Crippen LogP contribution in [0.25, 0.3) is 0 Å². The predicted octanol–water partition coefficient (Wildman–Crippen LogP) is 4.03. The molecule has 2 aromatic rings.